The van der Waals surface area contributed by atoms with Crippen LogP contribution in [0.2, 0.25) is 0 Å². The van der Waals surface area contributed by atoms with Crippen molar-refractivity contribution in [2.24, 2.45) is 5.92 Å². The smallest absolute Gasteiger partial charge is 0.0614 e. The number of benzene rings is 2. The Morgan fingerprint density at radius 1 is 1.05 bits per heavy atom. The van der Waals surface area contributed by atoms with Crippen LogP contribution in [0.25, 0.3) is 0 Å². The highest BCUT2D eigenvalue weighted by Crippen LogP contribution is 2.60. The van der Waals surface area contributed by atoms with Crippen molar-refractivity contribution < 1.29 is 5.11 Å². The molecule has 102 valence electrons. The summed E-state index contributed by atoms with van der Waals surface area (Å²) in [5.41, 5.74) is 2.59. The molecule has 2 atom stereocenters. The van der Waals surface area contributed by atoms with Crippen molar-refractivity contribution in [3.63, 3.8) is 0 Å². The van der Waals surface area contributed by atoms with Crippen LogP contribution in [-0.2, 0) is 5.41 Å². The molecule has 20 heavy (non-hydrogen) atoms. The fourth-order valence-corrected chi connectivity index (χ4v) is 3.39. The van der Waals surface area contributed by atoms with Gasteiger partial charge >= 0.3 is 0 Å². The molecular formula is C19H20O. The summed E-state index contributed by atoms with van der Waals surface area (Å²) in [6, 6.07) is 21.1. The van der Waals surface area contributed by atoms with E-state index < -0.39 is 0 Å². The normalized spacial score (nSPS) is 21.1. The van der Waals surface area contributed by atoms with Gasteiger partial charge in [0.25, 0.3) is 0 Å². The maximum atomic E-state index is 10.4. The second-order valence-electron chi connectivity index (χ2n) is 5.61. The molecule has 0 amide bonds. The van der Waals surface area contributed by atoms with E-state index in [1.54, 1.807) is 0 Å². The Bertz CT molecular complexity index is 534. The van der Waals surface area contributed by atoms with Crippen LogP contribution in [0.1, 0.15) is 24.0 Å². The van der Waals surface area contributed by atoms with Crippen molar-refractivity contribution in [2.75, 3.05) is 0 Å². The minimum Gasteiger partial charge on any atom is -0.392 e. The van der Waals surface area contributed by atoms with Crippen LogP contribution < -0.4 is 0 Å². The molecule has 0 heterocycles. The monoisotopic (exact) mass is 264 g/mol. The van der Waals surface area contributed by atoms with Crippen molar-refractivity contribution in [3.05, 3.63) is 84.4 Å². The van der Waals surface area contributed by atoms with Gasteiger partial charge in [-0.3, -0.25) is 0 Å². The van der Waals surface area contributed by atoms with Crippen molar-refractivity contribution in [2.45, 2.75) is 24.4 Å². The summed E-state index contributed by atoms with van der Waals surface area (Å²) in [7, 11) is 0. The number of aliphatic hydroxyl groups excluding tert-OH is 1. The lowest BCUT2D eigenvalue weighted by Gasteiger charge is -2.21. The molecule has 0 saturated heterocycles. The second kappa shape index (κ2) is 5.26. The fraction of sp³-hybridized carbons (Fsp3) is 0.263. The van der Waals surface area contributed by atoms with Crippen LogP contribution in [0.5, 0.6) is 0 Å². The van der Waals surface area contributed by atoms with E-state index in [4.69, 9.17) is 0 Å². The SMILES string of the molecule is C=CC[C@H](O)[C@H]1CC1(c1ccccc1)c1ccccc1. The quantitative estimate of drug-likeness (QED) is 0.811. The molecule has 3 rings (SSSR count). The van der Waals surface area contributed by atoms with Crippen LogP contribution in [-0.4, -0.2) is 11.2 Å². The van der Waals surface area contributed by atoms with Crippen molar-refractivity contribution in [3.8, 4) is 0 Å². The molecule has 0 radical (unpaired) electrons. The molecule has 1 aliphatic rings. The van der Waals surface area contributed by atoms with Gasteiger partial charge in [-0.1, -0.05) is 66.7 Å². The molecule has 1 fully saturated rings. The van der Waals surface area contributed by atoms with Crippen LogP contribution in [0, 0.1) is 5.92 Å². The summed E-state index contributed by atoms with van der Waals surface area (Å²) >= 11 is 0. The maximum absolute atomic E-state index is 10.4. The predicted octanol–water partition coefficient (Wildman–Crippen LogP) is 3.93. The van der Waals surface area contributed by atoms with E-state index in [2.05, 4.69) is 55.1 Å². The van der Waals surface area contributed by atoms with Crippen LogP contribution >= 0.6 is 0 Å². The average molecular weight is 264 g/mol. The zero-order chi connectivity index (χ0) is 14.0. The van der Waals surface area contributed by atoms with Gasteiger partial charge in [0, 0.05) is 11.3 Å². The number of hydrogen-bond donors (Lipinski definition) is 1. The van der Waals surface area contributed by atoms with Gasteiger partial charge in [-0.2, -0.15) is 0 Å². The number of rotatable bonds is 5. The predicted molar refractivity (Wildman–Crippen MR) is 82.6 cm³/mol. The van der Waals surface area contributed by atoms with Crippen molar-refractivity contribution >= 4 is 0 Å². The van der Waals surface area contributed by atoms with Gasteiger partial charge in [0.2, 0.25) is 0 Å². The van der Waals surface area contributed by atoms with Gasteiger partial charge in [-0.25, -0.2) is 0 Å². The van der Waals surface area contributed by atoms with Gasteiger partial charge in [0.15, 0.2) is 0 Å². The lowest BCUT2D eigenvalue weighted by molar-refractivity contribution is 0.147. The summed E-state index contributed by atoms with van der Waals surface area (Å²) in [5, 5.41) is 10.4. The van der Waals surface area contributed by atoms with Gasteiger partial charge in [0.1, 0.15) is 0 Å². The lowest BCUT2D eigenvalue weighted by atomic mass is 9.84. The Morgan fingerprint density at radius 3 is 2.00 bits per heavy atom. The standard InChI is InChI=1S/C19H20O/c1-2-9-18(20)17-14-19(17,15-10-5-3-6-11-15)16-12-7-4-8-13-16/h2-8,10-13,17-18,20H,1,9,14H2/t17-,18+/m1/s1. The molecule has 1 N–H and O–H groups in total. The topological polar surface area (TPSA) is 20.2 Å². The molecule has 1 aliphatic carbocycles. The molecule has 0 bridgehead atoms. The van der Waals surface area contributed by atoms with Crippen molar-refractivity contribution in [1.29, 1.82) is 0 Å². The van der Waals surface area contributed by atoms with Gasteiger partial charge < -0.3 is 5.11 Å². The lowest BCUT2D eigenvalue weighted by Crippen LogP contribution is -2.20. The van der Waals surface area contributed by atoms with E-state index in [-0.39, 0.29) is 17.4 Å². The molecule has 0 unspecified atom stereocenters. The summed E-state index contributed by atoms with van der Waals surface area (Å²) in [6.45, 7) is 3.74. The second-order valence-corrected chi connectivity index (χ2v) is 5.61. The highest BCUT2D eigenvalue weighted by Gasteiger charge is 2.58. The molecule has 0 aliphatic heterocycles. The molecular weight excluding hydrogens is 244 g/mol. The van der Waals surface area contributed by atoms with Crippen LogP contribution in [0.15, 0.2) is 73.3 Å². The van der Waals surface area contributed by atoms with E-state index in [9.17, 15) is 5.11 Å². The summed E-state index contributed by atoms with van der Waals surface area (Å²) in [5.74, 6) is 0.283. The Balaban J connectivity index is 2.01. The Labute approximate surface area is 120 Å². The van der Waals surface area contributed by atoms with Crippen LogP contribution in [0.3, 0.4) is 0 Å². The molecule has 1 saturated carbocycles. The molecule has 2 aromatic carbocycles. The zero-order valence-electron chi connectivity index (χ0n) is 11.6. The first-order valence-electron chi connectivity index (χ1n) is 7.19. The van der Waals surface area contributed by atoms with E-state index in [0.717, 1.165) is 6.42 Å². The summed E-state index contributed by atoms with van der Waals surface area (Å²) < 4.78 is 0. The molecule has 1 heteroatoms. The zero-order valence-corrected chi connectivity index (χ0v) is 11.6. The van der Waals surface area contributed by atoms with E-state index in [0.29, 0.717) is 6.42 Å². The highest BCUT2D eigenvalue weighted by atomic mass is 16.3. The molecule has 1 nitrogen and oxygen atoms in total. The Kier molecular flexibility index (Phi) is 3.45. The van der Waals surface area contributed by atoms with Gasteiger partial charge in [0.05, 0.1) is 6.10 Å². The summed E-state index contributed by atoms with van der Waals surface area (Å²) in [6.07, 6.45) is 3.17. The average Bonchev–Trinajstić information content (AvgIpc) is 3.26. The first-order valence-corrected chi connectivity index (χ1v) is 7.19. The Morgan fingerprint density at radius 2 is 1.55 bits per heavy atom. The third kappa shape index (κ3) is 2.08. The van der Waals surface area contributed by atoms with E-state index in [1.807, 2.05) is 18.2 Å². The minimum atomic E-state index is -0.312. The molecule has 2 aromatic rings. The Hall–Kier alpha value is -1.86. The largest absolute Gasteiger partial charge is 0.392 e. The number of aliphatic hydroxyl groups is 1. The first-order chi connectivity index (χ1) is 9.79. The van der Waals surface area contributed by atoms with Crippen LogP contribution in [0.4, 0.5) is 0 Å². The first kappa shape index (κ1) is 13.1. The van der Waals surface area contributed by atoms with E-state index in [1.165, 1.54) is 11.1 Å². The van der Waals surface area contributed by atoms with Crippen molar-refractivity contribution in [1.82, 2.24) is 0 Å². The minimum absolute atomic E-state index is 0.0229. The molecule has 0 spiro atoms. The maximum Gasteiger partial charge on any atom is 0.0614 e. The summed E-state index contributed by atoms with van der Waals surface area (Å²) in [4.78, 5) is 0. The fourth-order valence-electron chi connectivity index (χ4n) is 3.39. The highest BCUT2D eigenvalue weighted by molar-refractivity contribution is 5.47. The third-order valence-corrected chi connectivity index (χ3v) is 4.47. The van der Waals surface area contributed by atoms with Gasteiger partial charge in [-0.05, 0) is 24.0 Å². The molecule has 0 aromatic heterocycles. The third-order valence-electron chi connectivity index (χ3n) is 4.47. The van der Waals surface area contributed by atoms with Gasteiger partial charge in [-0.15, -0.1) is 6.58 Å². The number of hydrogen-bond acceptors (Lipinski definition) is 1. The van der Waals surface area contributed by atoms with E-state index >= 15 is 0 Å².